The quantitative estimate of drug-likeness (QED) is 0.171. The van der Waals surface area contributed by atoms with Crippen LogP contribution in [-0.4, -0.2) is 73.1 Å². The molecule has 0 aliphatic heterocycles. The van der Waals surface area contributed by atoms with Crippen LogP contribution in [0.1, 0.15) is 85.4 Å². The van der Waals surface area contributed by atoms with Crippen LogP contribution in [-0.2, 0) is 0 Å². The summed E-state index contributed by atoms with van der Waals surface area (Å²) in [6.07, 6.45) is 9.86. The average molecular weight is 739 g/mol. The van der Waals surface area contributed by atoms with Gasteiger partial charge in [-0.2, -0.15) is 4.98 Å². The number of nitrogens with one attached hydrogen (secondary N) is 2. The number of nitrogens with two attached hydrogens (primary N) is 3. The molecular formula is C34H46N18O2. The molecule has 8 aromatic rings. The minimum absolute atomic E-state index is 0.116. The van der Waals surface area contributed by atoms with Gasteiger partial charge in [-0.25, -0.2) is 39.9 Å². The van der Waals surface area contributed by atoms with E-state index in [-0.39, 0.29) is 29.2 Å². The molecule has 8 heterocycles. The first-order valence-corrected chi connectivity index (χ1v) is 17.2. The SMILES string of the molecule is CC(C)n1cnc2c(=O)[nH]c(N)nc21.CC(C)n1cnc2c(=O)[nH]cnc21.CC(C)n1cnc2c(N)ccnc21.Cc1nc(N)c2ncn(C(C)C)c2n1. The molecule has 0 radical (unpaired) electrons. The van der Waals surface area contributed by atoms with Crippen LogP contribution >= 0.6 is 0 Å². The van der Waals surface area contributed by atoms with Crippen molar-refractivity contribution in [3.63, 3.8) is 0 Å². The van der Waals surface area contributed by atoms with Gasteiger partial charge in [-0.3, -0.25) is 14.6 Å². The number of rotatable bonds is 4. The Bertz CT molecular complexity index is 2640. The number of nitrogen functional groups attached to an aromatic ring is 3. The van der Waals surface area contributed by atoms with E-state index in [4.69, 9.17) is 17.2 Å². The number of H-pyrrole nitrogens is 2. The fraction of sp³-hybridized carbons (Fsp3) is 0.382. The third kappa shape index (κ3) is 8.01. The van der Waals surface area contributed by atoms with Crippen molar-refractivity contribution in [3.05, 3.63) is 70.4 Å². The van der Waals surface area contributed by atoms with E-state index in [9.17, 15) is 9.59 Å². The summed E-state index contributed by atoms with van der Waals surface area (Å²) in [5.74, 6) is 1.24. The van der Waals surface area contributed by atoms with Crippen LogP contribution in [0.25, 0.3) is 44.7 Å². The number of aromatic nitrogens is 15. The number of aryl methyl sites for hydroxylation is 1. The monoisotopic (exact) mass is 738 g/mol. The maximum absolute atomic E-state index is 11.4. The van der Waals surface area contributed by atoms with Crippen LogP contribution < -0.4 is 28.3 Å². The van der Waals surface area contributed by atoms with Gasteiger partial charge in [0.05, 0.1) is 37.3 Å². The number of pyridine rings is 1. The molecule has 0 spiro atoms. The summed E-state index contributed by atoms with van der Waals surface area (Å²) in [7, 11) is 0. The van der Waals surface area contributed by atoms with E-state index in [2.05, 4.69) is 82.5 Å². The third-order valence-electron chi connectivity index (χ3n) is 8.09. The van der Waals surface area contributed by atoms with Crippen LogP contribution in [0.5, 0.6) is 0 Å². The molecule has 0 saturated carbocycles. The average Bonchev–Trinajstić information content (AvgIpc) is 3.90. The van der Waals surface area contributed by atoms with E-state index in [1.165, 1.54) is 6.33 Å². The van der Waals surface area contributed by atoms with Crippen molar-refractivity contribution in [2.75, 3.05) is 17.2 Å². The topological polar surface area (TPSA) is 280 Å². The summed E-state index contributed by atoms with van der Waals surface area (Å²) in [6, 6.07) is 2.92. The van der Waals surface area contributed by atoms with Crippen LogP contribution in [0.2, 0.25) is 0 Å². The van der Waals surface area contributed by atoms with Gasteiger partial charge < -0.3 is 40.5 Å². The number of anilines is 3. The Hall–Kier alpha value is -6.73. The zero-order chi connectivity index (χ0) is 39.4. The largest absolute Gasteiger partial charge is 0.397 e. The first-order chi connectivity index (χ1) is 25.6. The molecule has 20 heteroatoms. The van der Waals surface area contributed by atoms with Gasteiger partial charge in [0.15, 0.2) is 39.4 Å². The Kier molecular flexibility index (Phi) is 11.3. The summed E-state index contributed by atoms with van der Waals surface area (Å²) in [6.45, 7) is 18.2. The molecule has 20 nitrogen and oxygen atoms in total. The summed E-state index contributed by atoms with van der Waals surface area (Å²) in [5.41, 5.74) is 22.2. The normalized spacial score (nSPS) is 11.4. The number of hydrogen-bond acceptors (Lipinski definition) is 14. The first kappa shape index (κ1) is 38.5. The van der Waals surface area contributed by atoms with Crippen molar-refractivity contribution in [3.8, 4) is 0 Å². The molecule has 8 N–H and O–H groups in total. The zero-order valence-corrected chi connectivity index (χ0v) is 31.7. The maximum atomic E-state index is 11.4. The Morgan fingerprint density at radius 1 is 0.556 bits per heavy atom. The number of hydrogen-bond donors (Lipinski definition) is 5. The second-order valence-corrected chi connectivity index (χ2v) is 13.4. The van der Waals surface area contributed by atoms with Gasteiger partial charge in [0.2, 0.25) is 5.95 Å². The fourth-order valence-electron chi connectivity index (χ4n) is 5.32. The van der Waals surface area contributed by atoms with E-state index in [1.54, 1.807) is 42.1 Å². The molecule has 0 bridgehead atoms. The molecular weight excluding hydrogens is 692 g/mol. The highest BCUT2D eigenvalue weighted by Crippen LogP contribution is 2.20. The zero-order valence-electron chi connectivity index (χ0n) is 31.7. The second-order valence-electron chi connectivity index (χ2n) is 13.4. The molecule has 0 aliphatic rings. The van der Waals surface area contributed by atoms with Crippen molar-refractivity contribution in [1.82, 2.24) is 73.1 Å². The van der Waals surface area contributed by atoms with Gasteiger partial charge in [-0.05, 0) is 68.4 Å². The lowest BCUT2D eigenvalue weighted by Gasteiger charge is -2.07. The van der Waals surface area contributed by atoms with Crippen molar-refractivity contribution in [2.24, 2.45) is 0 Å². The van der Waals surface area contributed by atoms with Crippen molar-refractivity contribution in [2.45, 2.75) is 86.5 Å². The van der Waals surface area contributed by atoms with Crippen LogP contribution in [0.15, 0.2) is 53.5 Å². The van der Waals surface area contributed by atoms with E-state index in [1.807, 2.05) is 48.3 Å². The molecule has 54 heavy (non-hydrogen) atoms. The van der Waals surface area contributed by atoms with E-state index in [0.29, 0.717) is 57.3 Å². The molecule has 0 saturated heterocycles. The van der Waals surface area contributed by atoms with Gasteiger partial charge in [-0.1, -0.05) is 0 Å². The Morgan fingerprint density at radius 3 is 1.57 bits per heavy atom. The van der Waals surface area contributed by atoms with Crippen molar-refractivity contribution >= 4 is 62.1 Å². The highest BCUT2D eigenvalue weighted by molar-refractivity contribution is 5.84. The Morgan fingerprint density at radius 2 is 1.02 bits per heavy atom. The van der Waals surface area contributed by atoms with Gasteiger partial charge in [0.1, 0.15) is 16.9 Å². The molecule has 0 aromatic carbocycles. The molecule has 0 unspecified atom stereocenters. The number of fused-ring (bicyclic) bond motifs is 4. The highest BCUT2D eigenvalue weighted by atomic mass is 16.1. The summed E-state index contributed by atoms with van der Waals surface area (Å²) in [5, 5.41) is 0. The van der Waals surface area contributed by atoms with Gasteiger partial charge in [-0.15, -0.1) is 0 Å². The summed E-state index contributed by atoms with van der Waals surface area (Å²) < 4.78 is 7.66. The van der Waals surface area contributed by atoms with Crippen LogP contribution in [0, 0.1) is 6.92 Å². The number of nitrogens with zero attached hydrogens (tertiary/aromatic N) is 13. The maximum Gasteiger partial charge on any atom is 0.280 e. The van der Waals surface area contributed by atoms with Crippen molar-refractivity contribution < 1.29 is 0 Å². The Balaban J connectivity index is 0.000000139. The standard InChI is InChI=1S/C9H13N5.C9H12N4.C8H11N5O.C8H10N4O/c1-5(2)14-4-11-7-8(10)12-6(3)13-9(7)14;1-6(2)13-5-12-8-7(10)3-4-11-9(8)13;1-4(2)13-3-10-5-6(13)11-8(9)12-7(5)14;1-5(2)12-4-11-6-7(12)9-3-10-8(6)13/h4-5H,1-3H3,(H2,10,12,13);3-6H,1-2H3,(H2,10,11);3-4H,1-2H3,(H3,9,11,12,14);3-5H,1-2H3,(H,9,10,13). The van der Waals surface area contributed by atoms with Crippen LogP contribution in [0.3, 0.4) is 0 Å². The highest BCUT2D eigenvalue weighted by Gasteiger charge is 2.13. The summed E-state index contributed by atoms with van der Waals surface area (Å²) >= 11 is 0. The lowest BCUT2D eigenvalue weighted by molar-refractivity contribution is 0.612. The predicted octanol–water partition coefficient (Wildman–Crippen LogP) is 3.88. The lowest BCUT2D eigenvalue weighted by Crippen LogP contribution is -2.12. The third-order valence-corrected chi connectivity index (χ3v) is 8.09. The van der Waals surface area contributed by atoms with Gasteiger partial charge in [0.25, 0.3) is 11.1 Å². The molecule has 0 atom stereocenters. The smallest absolute Gasteiger partial charge is 0.280 e. The number of aromatic amines is 2. The lowest BCUT2D eigenvalue weighted by atomic mass is 10.3. The number of imidazole rings is 4. The molecule has 0 aliphatic carbocycles. The molecule has 284 valence electrons. The second kappa shape index (κ2) is 15.9. The van der Waals surface area contributed by atoms with Gasteiger partial charge in [0, 0.05) is 30.4 Å². The molecule has 8 rings (SSSR count). The van der Waals surface area contributed by atoms with Crippen molar-refractivity contribution in [1.29, 1.82) is 0 Å². The van der Waals surface area contributed by atoms with Crippen LogP contribution in [0.4, 0.5) is 17.5 Å². The minimum Gasteiger partial charge on any atom is -0.397 e. The summed E-state index contributed by atoms with van der Waals surface area (Å²) in [4.78, 5) is 64.6. The van der Waals surface area contributed by atoms with Gasteiger partial charge >= 0.3 is 0 Å². The molecule has 0 fully saturated rings. The minimum atomic E-state index is -0.299. The van der Waals surface area contributed by atoms with E-state index >= 15 is 0 Å². The predicted molar refractivity (Wildman–Crippen MR) is 209 cm³/mol. The molecule has 0 amide bonds. The first-order valence-electron chi connectivity index (χ1n) is 17.2. The van der Waals surface area contributed by atoms with E-state index < -0.39 is 0 Å². The Labute approximate surface area is 309 Å². The molecule has 8 aromatic heterocycles. The van der Waals surface area contributed by atoms with E-state index in [0.717, 1.165) is 16.8 Å². The fourth-order valence-corrected chi connectivity index (χ4v) is 5.32.